The van der Waals surface area contributed by atoms with Gasteiger partial charge < -0.3 is 160 Å². The van der Waals surface area contributed by atoms with Crippen LogP contribution in [0.15, 0.2) is 0 Å². The third-order valence-corrected chi connectivity index (χ3v) is 14.2. The van der Waals surface area contributed by atoms with Crippen LogP contribution in [0.25, 0.3) is 0 Å². The SMILES string of the molecule is CC(=O)N[C@H]1[C@H](O[C@H]2[C@@H](O)[C@@H](CO)O[C@@H](O[C@H]3[C@H](O)[C@@H](O)C(O)O[C@@H]3CO)[C@@H]2O)O[C@H](CO)[C@@H](O[C@@H]2O[C@@H](C)[C@@H](O)[C@@H](O)[C@@H]2O)[C@@H]1O[C@@H]1O[C@H](CO)[C@H](O)[C@H](O[C@]2(C(=O)O)C[C@H](O)[C@@H](NC(C)=O)[C@H]([C@H](O)[C@H](O)CO)O2)[C@H]1O. The molecule has 0 radical (unpaired) electrons. The lowest BCUT2D eigenvalue weighted by Crippen LogP contribution is -2.72. The summed E-state index contributed by atoms with van der Waals surface area (Å²) in [4.78, 5) is 38.5. The minimum Gasteiger partial charge on any atom is -0.477 e. The molecular formula is C43H72N2O33. The van der Waals surface area contributed by atoms with Crippen molar-refractivity contribution in [3.8, 4) is 0 Å². The summed E-state index contributed by atoms with van der Waals surface area (Å²) in [6, 6.07) is -3.70. The van der Waals surface area contributed by atoms with Crippen molar-refractivity contribution in [2.24, 2.45) is 0 Å². The van der Waals surface area contributed by atoms with Crippen molar-refractivity contribution in [1.29, 1.82) is 0 Å². The predicted molar refractivity (Wildman–Crippen MR) is 238 cm³/mol. The molecule has 2 amide bonds. The molecule has 0 aromatic carbocycles. The summed E-state index contributed by atoms with van der Waals surface area (Å²) >= 11 is 0. The zero-order chi connectivity index (χ0) is 58.0. The van der Waals surface area contributed by atoms with Gasteiger partial charge in [0.25, 0.3) is 5.79 Å². The van der Waals surface area contributed by atoms with E-state index in [2.05, 4.69) is 10.6 Å². The largest absolute Gasteiger partial charge is 0.477 e. The lowest BCUT2D eigenvalue weighted by molar-refractivity contribution is -0.399. The minimum atomic E-state index is -3.27. The molecule has 6 rings (SSSR count). The Kier molecular flexibility index (Phi) is 22.4. The standard InChI is InChI=1S/C43H72N2O33/c1-10-21(55)25(59)28(62)39(68-10)74-32-18(9-50)72-38(76-35-23(57)15(6-47)70-40(29(35)63)73-31-17(8-49)69-37(65)27(61)26(31)60)20(45-12(3)52)34(32)75-41-30(64)36(24(58)16(7-48)71-41)78-43(42(66)67)4-13(53)19(44-11(2)51)33(77-43)22(56)14(54)5-46/h10,13-41,46-50,53-65H,4-9H2,1-3H3,(H,44,51)(H,45,52)(H,66,67)/t10-,13-,14+,15+,16+,17+,18+,19+,20+,21+,22+,23-,24-,25+,26+,27+,28-,29+,30+,31+,32+,33+,34+,35-,36-,37?,38-,39-,40-,41-,43-/m0/s1. The molecule has 0 aliphatic carbocycles. The molecule has 35 nitrogen and oxygen atoms in total. The van der Waals surface area contributed by atoms with E-state index < -0.39 is 247 Å². The van der Waals surface area contributed by atoms with Crippen LogP contribution in [0.3, 0.4) is 0 Å². The van der Waals surface area contributed by atoms with E-state index >= 15 is 0 Å². The van der Waals surface area contributed by atoms with Gasteiger partial charge in [0.05, 0.1) is 51.3 Å². The van der Waals surface area contributed by atoms with Crippen molar-refractivity contribution >= 4 is 17.8 Å². The first kappa shape index (κ1) is 64.4. The highest BCUT2D eigenvalue weighted by molar-refractivity contribution is 5.76. The molecule has 31 atom stereocenters. The number of carboxylic acids is 1. The van der Waals surface area contributed by atoms with E-state index in [1.54, 1.807) is 0 Å². The van der Waals surface area contributed by atoms with Crippen LogP contribution in [0, 0.1) is 0 Å². The Morgan fingerprint density at radius 3 is 1.54 bits per heavy atom. The molecule has 21 N–H and O–H groups in total. The van der Waals surface area contributed by atoms with Gasteiger partial charge in [0.15, 0.2) is 31.5 Å². The van der Waals surface area contributed by atoms with Gasteiger partial charge in [0.2, 0.25) is 11.8 Å². The van der Waals surface area contributed by atoms with Crippen molar-refractivity contribution in [2.75, 3.05) is 33.0 Å². The van der Waals surface area contributed by atoms with Gasteiger partial charge in [0, 0.05) is 20.3 Å². The molecule has 452 valence electrons. The Morgan fingerprint density at radius 2 is 1.00 bits per heavy atom. The fourth-order valence-corrected chi connectivity index (χ4v) is 9.96. The molecule has 6 heterocycles. The maximum Gasteiger partial charge on any atom is 0.364 e. The molecule has 0 saturated carbocycles. The second kappa shape index (κ2) is 27.1. The summed E-state index contributed by atoms with van der Waals surface area (Å²) in [6.07, 6.45) is -58.4. The molecule has 1 unspecified atom stereocenters. The molecule has 0 aromatic rings. The molecule has 6 fully saturated rings. The zero-order valence-electron chi connectivity index (χ0n) is 41.8. The highest BCUT2D eigenvalue weighted by Gasteiger charge is 2.62. The van der Waals surface area contributed by atoms with E-state index in [0.717, 1.165) is 13.8 Å². The van der Waals surface area contributed by atoms with Gasteiger partial charge >= 0.3 is 5.97 Å². The average molecular weight is 1150 g/mol. The van der Waals surface area contributed by atoms with Gasteiger partial charge in [-0.1, -0.05) is 0 Å². The van der Waals surface area contributed by atoms with Crippen LogP contribution >= 0.6 is 0 Å². The number of carbonyl (C=O) groups excluding carboxylic acids is 2. The maximum atomic E-state index is 13.2. The Balaban J connectivity index is 1.40. The van der Waals surface area contributed by atoms with Crippen molar-refractivity contribution in [3.05, 3.63) is 0 Å². The summed E-state index contributed by atoms with van der Waals surface area (Å²) in [6.45, 7) is -2.37. The number of hydrogen-bond acceptors (Lipinski definition) is 32. The lowest BCUT2D eigenvalue weighted by atomic mass is 9.88. The number of amides is 2. The Bertz CT molecular complexity index is 1950. The molecule has 0 spiro atoms. The van der Waals surface area contributed by atoms with Gasteiger partial charge in [-0.25, -0.2) is 4.79 Å². The molecular weight excluding hydrogens is 1070 g/mol. The van der Waals surface area contributed by atoms with Crippen molar-refractivity contribution in [3.63, 3.8) is 0 Å². The monoisotopic (exact) mass is 1140 g/mol. The van der Waals surface area contributed by atoms with Crippen LogP contribution in [0.1, 0.15) is 27.2 Å². The minimum absolute atomic E-state index is 0.848. The Morgan fingerprint density at radius 1 is 0.526 bits per heavy atom. The summed E-state index contributed by atoms with van der Waals surface area (Å²) in [5.74, 6) is -7.22. The lowest BCUT2D eigenvalue weighted by Gasteiger charge is -2.52. The van der Waals surface area contributed by atoms with E-state index in [1.807, 2.05) is 0 Å². The molecule has 35 heteroatoms. The summed E-state index contributed by atoms with van der Waals surface area (Å²) < 4.78 is 63.7. The summed E-state index contributed by atoms with van der Waals surface area (Å²) in [7, 11) is 0. The maximum absolute atomic E-state index is 13.2. The van der Waals surface area contributed by atoms with Gasteiger partial charge in [-0.05, 0) is 6.92 Å². The number of nitrogens with one attached hydrogen (secondary N) is 2. The third-order valence-electron chi connectivity index (χ3n) is 14.2. The number of rotatable bonds is 20. The number of hydrogen-bond donors (Lipinski definition) is 21. The second-order valence-electron chi connectivity index (χ2n) is 19.6. The zero-order valence-corrected chi connectivity index (χ0v) is 41.8. The summed E-state index contributed by atoms with van der Waals surface area (Å²) in [5, 5.41) is 209. The fourth-order valence-electron chi connectivity index (χ4n) is 9.96. The Hall–Kier alpha value is -2.75. The smallest absolute Gasteiger partial charge is 0.364 e. The quantitative estimate of drug-likeness (QED) is 0.0538. The first-order valence-electron chi connectivity index (χ1n) is 24.6. The predicted octanol–water partition coefficient (Wildman–Crippen LogP) is -13.6. The number of aliphatic carboxylic acids is 1. The van der Waals surface area contributed by atoms with Gasteiger partial charge in [-0.2, -0.15) is 0 Å². The number of carboxylic acid groups (broad SMARTS) is 1. The molecule has 0 bridgehead atoms. The average Bonchev–Trinajstić information content (AvgIpc) is 3.40. The van der Waals surface area contributed by atoms with Gasteiger partial charge in [-0.3, -0.25) is 9.59 Å². The van der Waals surface area contributed by atoms with Crippen molar-refractivity contribution in [1.82, 2.24) is 10.6 Å². The first-order chi connectivity index (χ1) is 36.7. The molecule has 6 aliphatic heterocycles. The van der Waals surface area contributed by atoms with Crippen LogP contribution in [-0.2, 0) is 66.5 Å². The third kappa shape index (κ3) is 13.5. The van der Waals surface area contributed by atoms with Crippen LogP contribution in [0.4, 0.5) is 0 Å². The molecule has 6 saturated heterocycles. The topological polar surface area (TPSA) is 561 Å². The molecule has 78 heavy (non-hydrogen) atoms. The number of ether oxygens (including phenoxy) is 11. The summed E-state index contributed by atoms with van der Waals surface area (Å²) in [5.41, 5.74) is 0. The van der Waals surface area contributed by atoms with Gasteiger partial charge in [-0.15, -0.1) is 0 Å². The normalized spacial score (nSPS) is 48.1. The van der Waals surface area contributed by atoms with Gasteiger partial charge in [0.1, 0.15) is 134 Å². The number of carbonyl (C=O) groups is 3. The van der Waals surface area contributed by atoms with E-state index in [9.17, 15) is 111 Å². The number of aliphatic hydroxyl groups is 18. The first-order valence-corrected chi connectivity index (χ1v) is 24.6. The van der Waals surface area contributed by atoms with E-state index in [4.69, 9.17) is 52.1 Å². The number of aliphatic hydroxyl groups excluding tert-OH is 18. The highest BCUT2D eigenvalue weighted by atomic mass is 16.8. The fraction of sp³-hybridized carbons (Fsp3) is 0.930. The van der Waals surface area contributed by atoms with Crippen molar-refractivity contribution < 1.29 is 164 Å². The highest BCUT2D eigenvalue weighted by Crippen LogP contribution is 2.40. The van der Waals surface area contributed by atoms with Crippen LogP contribution in [0.2, 0.25) is 0 Å². The Labute approximate surface area is 441 Å². The van der Waals surface area contributed by atoms with Crippen LogP contribution in [0.5, 0.6) is 0 Å². The van der Waals surface area contributed by atoms with E-state index in [-0.39, 0.29) is 0 Å². The van der Waals surface area contributed by atoms with Crippen LogP contribution < -0.4 is 10.6 Å². The molecule has 6 aliphatic rings. The van der Waals surface area contributed by atoms with E-state index in [0.29, 0.717) is 0 Å². The van der Waals surface area contributed by atoms with Crippen molar-refractivity contribution in [2.45, 2.75) is 217 Å². The molecule has 0 aromatic heterocycles. The van der Waals surface area contributed by atoms with Crippen LogP contribution in [-0.4, -0.2) is 338 Å². The second-order valence-corrected chi connectivity index (χ2v) is 19.6. The van der Waals surface area contributed by atoms with E-state index in [1.165, 1.54) is 6.92 Å².